The number of hydrogen-bond donors (Lipinski definition) is 2. The fraction of sp³-hybridized carbons (Fsp3) is 0.143. The van der Waals surface area contributed by atoms with E-state index in [-0.39, 0.29) is 0 Å². The SMILES string of the molecule is OB(O)c1ccc(CSCc2ccccc2Cl)cc1. The first-order valence-corrected chi connectivity index (χ1v) is 7.46. The van der Waals surface area contributed by atoms with Gasteiger partial charge in [0, 0.05) is 16.5 Å². The van der Waals surface area contributed by atoms with Crippen LogP contribution in [0.5, 0.6) is 0 Å². The summed E-state index contributed by atoms with van der Waals surface area (Å²) in [6.45, 7) is 0. The molecule has 0 heterocycles. The summed E-state index contributed by atoms with van der Waals surface area (Å²) in [5.74, 6) is 1.73. The molecule has 0 unspecified atom stereocenters. The highest BCUT2D eigenvalue weighted by molar-refractivity contribution is 7.97. The lowest BCUT2D eigenvalue weighted by Crippen LogP contribution is -2.29. The summed E-state index contributed by atoms with van der Waals surface area (Å²) < 4.78 is 0. The van der Waals surface area contributed by atoms with E-state index in [9.17, 15) is 0 Å². The third-order valence-electron chi connectivity index (χ3n) is 2.76. The summed E-state index contributed by atoms with van der Waals surface area (Å²) in [5.41, 5.74) is 2.80. The second-order valence-corrected chi connectivity index (χ2v) is 5.59. The highest BCUT2D eigenvalue weighted by atomic mass is 35.5. The van der Waals surface area contributed by atoms with Crippen molar-refractivity contribution in [3.05, 3.63) is 64.7 Å². The molecule has 0 aliphatic carbocycles. The van der Waals surface area contributed by atoms with Crippen molar-refractivity contribution in [2.24, 2.45) is 0 Å². The van der Waals surface area contributed by atoms with Gasteiger partial charge in [-0.1, -0.05) is 54.1 Å². The van der Waals surface area contributed by atoms with Gasteiger partial charge < -0.3 is 10.0 Å². The maximum absolute atomic E-state index is 9.01. The monoisotopic (exact) mass is 292 g/mol. The van der Waals surface area contributed by atoms with Gasteiger partial charge in [0.25, 0.3) is 0 Å². The molecule has 5 heteroatoms. The Morgan fingerprint density at radius 1 is 0.947 bits per heavy atom. The van der Waals surface area contributed by atoms with Crippen LogP contribution >= 0.6 is 23.4 Å². The second-order valence-electron chi connectivity index (χ2n) is 4.20. The lowest BCUT2D eigenvalue weighted by atomic mass is 9.80. The average Bonchev–Trinajstić information content (AvgIpc) is 2.41. The topological polar surface area (TPSA) is 40.5 Å². The Morgan fingerprint density at radius 2 is 1.63 bits per heavy atom. The zero-order valence-electron chi connectivity index (χ0n) is 10.3. The molecule has 19 heavy (non-hydrogen) atoms. The molecule has 0 atom stereocenters. The Balaban J connectivity index is 1.87. The smallest absolute Gasteiger partial charge is 0.423 e. The molecule has 0 aromatic heterocycles. The lowest BCUT2D eigenvalue weighted by Gasteiger charge is -2.05. The summed E-state index contributed by atoms with van der Waals surface area (Å²) in [6, 6.07) is 15.1. The summed E-state index contributed by atoms with van der Waals surface area (Å²) >= 11 is 7.87. The molecule has 2 rings (SSSR count). The molecule has 0 saturated carbocycles. The number of rotatable bonds is 5. The average molecular weight is 293 g/mol. The highest BCUT2D eigenvalue weighted by Gasteiger charge is 2.09. The van der Waals surface area contributed by atoms with E-state index in [1.165, 1.54) is 0 Å². The maximum Gasteiger partial charge on any atom is 0.488 e. The van der Waals surface area contributed by atoms with Crippen LogP contribution in [0.2, 0.25) is 5.02 Å². The molecule has 2 aromatic carbocycles. The zero-order valence-corrected chi connectivity index (χ0v) is 11.9. The minimum atomic E-state index is -1.40. The Kier molecular flexibility index (Phi) is 5.34. The summed E-state index contributed by atoms with van der Waals surface area (Å²) in [7, 11) is -1.40. The quantitative estimate of drug-likeness (QED) is 0.832. The van der Waals surface area contributed by atoms with Crippen LogP contribution in [0.25, 0.3) is 0 Å². The van der Waals surface area contributed by atoms with Gasteiger partial charge in [-0.05, 0) is 22.7 Å². The van der Waals surface area contributed by atoms with E-state index in [0.29, 0.717) is 5.46 Å². The lowest BCUT2D eigenvalue weighted by molar-refractivity contribution is 0.426. The molecule has 0 aliphatic rings. The van der Waals surface area contributed by atoms with Gasteiger partial charge in [-0.2, -0.15) is 11.8 Å². The maximum atomic E-state index is 9.01. The first kappa shape index (κ1) is 14.5. The molecule has 0 aliphatic heterocycles. The molecule has 2 aromatic rings. The molecular formula is C14H14BClO2S. The Bertz CT molecular complexity index is 531. The van der Waals surface area contributed by atoms with Crippen LogP contribution in [0, 0.1) is 0 Å². The molecule has 0 bridgehead atoms. The van der Waals surface area contributed by atoms with Gasteiger partial charge >= 0.3 is 7.12 Å². The van der Waals surface area contributed by atoms with Gasteiger partial charge in [-0.15, -0.1) is 0 Å². The molecule has 0 spiro atoms. The van der Waals surface area contributed by atoms with Crippen molar-refractivity contribution >= 4 is 35.9 Å². The van der Waals surface area contributed by atoms with Crippen molar-refractivity contribution < 1.29 is 10.0 Å². The fourth-order valence-electron chi connectivity index (χ4n) is 1.68. The molecule has 0 fully saturated rings. The Morgan fingerprint density at radius 3 is 2.26 bits per heavy atom. The van der Waals surface area contributed by atoms with Gasteiger partial charge in [0.05, 0.1) is 0 Å². The summed E-state index contributed by atoms with van der Waals surface area (Å²) in [5, 5.41) is 18.8. The zero-order chi connectivity index (χ0) is 13.7. The van der Waals surface area contributed by atoms with Crippen LogP contribution in [0.3, 0.4) is 0 Å². The summed E-state index contributed by atoms with van der Waals surface area (Å²) in [6.07, 6.45) is 0. The minimum Gasteiger partial charge on any atom is -0.423 e. The summed E-state index contributed by atoms with van der Waals surface area (Å²) in [4.78, 5) is 0. The van der Waals surface area contributed by atoms with Crippen molar-refractivity contribution in [3.8, 4) is 0 Å². The highest BCUT2D eigenvalue weighted by Crippen LogP contribution is 2.22. The number of benzene rings is 2. The van der Waals surface area contributed by atoms with Crippen LogP contribution in [0.1, 0.15) is 11.1 Å². The number of halogens is 1. The van der Waals surface area contributed by atoms with Crippen LogP contribution in [0.15, 0.2) is 48.5 Å². The first-order chi connectivity index (χ1) is 9.16. The van der Waals surface area contributed by atoms with Gasteiger partial charge in [0.1, 0.15) is 0 Å². The first-order valence-electron chi connectivity index (χ1n) is 5.93. The molecular weight excluding hydrogens is 278 g/mol. The molecule has 0 saturated heterocycles. The molecule has 2 nitrogen and oxygen atoms in total. The minimum absolute atomic E-state index is 0.514. The van der Waals surface area contributed by atoms with E-state index in [4.69, 9.17) is 21.6 Å². The molecule has 98 valence electrons. The van der Waals surface area contributed by atoms with E-state index < -0.39 is 7.12 Å². The van der Waals surface area contributed by atoms with Crippen LogP contribution in [-0.4, -0.2) is 17.2 Å². The van der Waals surface area contributed by atoms with Crippen molar-refractivity contribution in [1.82, 2.24) is 0 Å². The van der Waals surface area contributed by atoms with Crippen molar-refractivity contribution in [3.63, 3.8) is 0 Å². The molecule has 0 radical (unpaired) electrons. The Hall–Kier alpha value is -0.935. The predicted octanol–water partition coefficient (Wildman–Crippen LogP) is 2.45. The van der Waals surface area contributed by atoms with Gasteiger partial charge in [-0.25, -0.2) is 0 Å². The Labute approximate surface area is 122 Å². The molecule has 2 N–H and O–H groups in total. The van der Waals surface area contributed by atoms with Crippen LogP contribution in [0.4, 0.5) is 0 Å². The number of hydrogen-bond acceptors (Lipinski definition) is 3. The number of thioether (sulfide) groups is 1. The fourth-order valence-corrected chi connectivity index (χ4v) is 2.96. The van der Waals surface area contributed by atoms with Crippen LogP contribution in [-0.2, 0) is 11.5 Å². The third kappa shape index (κ3) is 4.28. The largest absolute Gasteiger partial charge is 0.488 e. The van der Waals surface area contributed by atoms with Crippen molar-refractivity contribution in [2.75, 3.05) is 0 Å². The van der Waals surface area contributed by atoms with Gasteiger partial charge in [0.2, 0.25) is 0 Å². The van der Waals surface area contributed by atoms with Crippen molar-refractivity contribution in [1.29, 1.82) is 0 Å². The predicted molar refractivity (Wildman–Crippen MR) is 82.7 cm³/mol. The standard InChI is InChI=1S/C14H14BClO2S/c16-14-4-2-1-3-12(14)10-19-9-11-5-7-13(8-6-11)15(17)18/h1-8,17-18H,9-10H2. The van der Waals surface area contributed by atoms with E-state index in [2.05, 4.69) is 0 Å². The van der Waals surface area contributed by atoms with Crippen LogP contribution < -0.4 is 5.46 Å². The van der Waals surface area contributed by atoms with E-state index >= 15 is 0 Å². The third-order valence-corrected chi connectivity index (χ3v) is 4.18. The van der Waals surface area contributed by atoms with E-state index in [1.54, 1.807) is 23.9 Å². The second kappa shape index (κ2) is 7.01. The van der Waals surface area contributed by atoms with E-state index in [1.807, 2.05) is 36.4 Å². The molecule has 0 amide bonds. The van der Waals surface area contributed by atoms with Gasteiger partial charge in [0.15, 0.2) is 0 Å². The van der Waals surface area contributed by atoms with E-state index in [0.717, 1.165) is 27.7 Å². The van der Waals surface area contributed by atoms with Crippen molar-refractivity contribution in [2.45, 2.75) is 11.5 Å². The normalized spacial score (nSPS) is 10.5. The van der Waals surface area contributed by atoms with Gasteiger partial charge in [-0.3, -0.25) is 0 Å².